The van der Waals surface area contributed by atoms with Gasteiger partial charge in [-0.3, -0.25) is 5.41 Å². The highest BCUT2D eigenvalue weighted by molar-refractivity contribution is 6.36. The summed E-state index contributed by atoms with van der Waals surface area (Å²) in [5.41, 5.74) is 6.07. The van der Waals surface area contributed by atoms with Gasteiger partial charge in [-0.2, -0.15) is 0 Å². The first kappa shape index (κ1) is 16.7. The van der Waals surface area contributed by atoms with Crippen LogP contribution in [0.25, 0.3) is 0 Å². The predicted octanol–water partition coefficient (Wildman–Crippen LogP) is 2.66. The fourth-order valence-corrected chi connectivity index (χ4v) is 2.54. The lowest BCUT2D eigenvalue weighted by Crippen LogP contribution is -2.38. The number of nitrogens with zero attached hydrogens (tertiary/aromatic N) is 2. The van der Waals surface area contributed by atoms with Crippen LogP contribution >= 0.6 is 11.6 Å². The van der Waals surface area contributed by atoms with E-state index in [1.165, 1.54) is 0 Å². The van der Waals surface area contributed by atoms with Gasteiger partial charge in [-0.25, -0.2) is 4.98 Å². The summed E-state index contributed by atoms with van der Waals surface area (Å²) in [4.78, 5) is 6.51. The molecule has 20 heavy (non-hydrogen) atoms. The molecule has 0 aliphatic heterocycles. The maximum absolute atomic E-state index is 7.57. The van der Waals surface area contributed by atoms with Gasteiger partial charge < -0.3 is 15.4 Å². The highest BCUT2D eigenvalue weighted by atomic mass is 35.5. The molecule has 5 nitrogen and oxygen atoms in total. The maximum atomic E-state index is 7.57. The zero-order valence-electron chi connectivity index (χ0n) is 12.3. The Morgan fingerprint density at radius 1 is 1.50 bits per heavy atom. The van der Waals surface area contributed by atoms with Crippen LogP contribution in [0, 0.1) is 5.41 Å². The molecule has 0 radical (unpaired) electrons. The smallest absolute Gasteiger partial charge is 0.148 e. The van der Waals surface area contributed by atoms with Gasteiger partial charge in [0.25, 0.3) is 0 Å². The summed E-state index contributed by atoms with van der Waals surface area (Å²) in [7, 11) is 1.67. The van der Waals surface area contributed by atoms with E-state index in [-0.39, 0.29) is 5.84 Å². The molecular formula is C14H23ClN4O. The molecule has 0 unspecified atom stereocenters. The lowest BCUT2D eigenvalue weighted by molar-refractivity contribution is 0.202. The molecule has 1 rings (SSSR count). The van der Waals surface area contributed by atoms with E-state index in [0.717, 1.165) is 12.8 Å². The average molecular weight is 299 g/mol. The normalized spacial score (nSPS) is 10.8. The van der Waals surface area contributed by atoms with Crippen molar-refractivity contribution in [2.75, 3.05) is 25.2 Å². The second-order valence-electron chi connectivity index (χ2n) is 4.57. The molecule has 1 aromatic heterocycles. The van der Waals surface area contributed by atoms with Gasteiger partial charge in [0.15, 0.2) is 0 Å². The van der Waals surface area contributed by atoms with Gasteiger partial charge in [0.1, 0.15) is 11.7 Å². The molecule has 1 aromatic rings. The number of rotatable bonds is 8. The Morgan fingerprint density at radius 3 is 2.65 bits per heavy atom. The first-order valence-electron chi connectivity index (χ1n) is 6.81. The summed E-state index contributed by atoms with van der Waals surface area (Å²) in [6.07, 6.45) is 3.62. The number of methoxy groups -OCH3 is 1. The number of nitrogens with one attached hydrogen (secondary N) is 1. The molecule has 0 fully saturated rings. The quantitative estimate of drug-likeness (QED) is 0.571. The summed E-state index contributed by atoms with van der Waals surface area (Å²) in [5.74, 6) is 0.625. The van der Waals surface area contributed by atoms with Crippen LogP contribution in [0.4, 0.5) is 5.82 Å². The van der Waals surface area contributed by atoms with E-state index in [0.29, 0.717) is 35.6 Å². The Labute approximate surface area is 125 Å². The van der Waals surface area contributed by atoms with Crippen LogP contribution < -0.4 is 10.6 Å². The van der Waals surface area contributed by atoms with Crippen LogP contribution in [-0.4, -0.2) is 37.1 Å². The van der Waals surface area contributed by atoms with Crippen LogP contribution in [0.3, 0.4) is 0 Å². The molecule has 0 spiro atoms. The fraction of sp³-hybridized carbons (Fsp3) is 0.571. The van der Waals surface area contributed by atoms with E-state index < -0.39 is 0 Å². The third kappa shape index (κ3) is 3.84. The summed E-state index contributed by atoms with van der Waals surface area (Å²) < 4.78 is 5.17. The number of ether oxygens (including phenoxy) is 1. The van der Waals surface area contributed by atoms with Gasteiger partial charge in [0.2, 0.25) is 0 Å². The number of nitrogen functional groups attached to an aromatic ring is 1. The minimum atomic E-state index is -0.0464. The molecule has 6 heteroatoms. The maximum Gasteiger partial charge on any atom is 0.148 e. The Morgan fingerprint density at radius 2 is 2.15 bits per heavy atom. The first-order valence-corrected chi connectivity index (χ1v) is 7.19. The van der Waals surface area contributed by atoms with Crippen molar-refractivity contribution in [3.63, 3.8) is 0 Å². The minimum absolute atomic E-state index is 0.0464. The minimum Gasteiger partial charge on any atom is -0.384 e. The first-order chi connectivity index (χ1) is 9.56. The molecule has 0 saturated carbocycles. The molecule has 0 aliphatic rings. The Balaban J connectivity index is 3.19. The van der Waals surface area contributed by atoms with Crippen molar-refractivity contribution in [1.82, 2.24) is 4.98 Å². The van der Waals surface area contributed by atoms with Crippen LogP contribution in [0.2, 0.25) is 5.02 Å². The van der Waals surface area contributed by atoms with Gasteiger partial charge in [0.05, 0.1) is 11.6 Å². The number of nitrogens with two attached hydrogens (primary N) is 1. The van der Waals surface area contributed by atoms with Crippen molar-refractivity contribution in [3.8, 4) is 0 Å². The summed E-state index contributed by atoms with van der Waals surface area (Å²) in [6, 6.07) is 1.99. The Kier molecular flexibility index (Phi) is 6.75. The fourth-order valence-electron chi connectivity index (χ4n) is 2.22. The van der Waals surface area contributed by atoms with Crippen LogP contribution in [0.5, 0.6) is 0 Å². The van der Waals surface area contributed by atoms with Crippen molar-refractivity contribution in [2.24, 2.45) is 5.73 Å². The van der Waals surface area contributed by atoms with Crippen molar-refractivity contribution < 1.29 is 4.74 Å². The molecule has 0 amide bonds. The lowest BCUT2D eigenvalue weighted by atomic mass is 10.1. The standard InChI is InChI=1S/C14H23ClN4O/c1-4-10(5-2)19(8-9-20-3)14-12(15)11(13(16)17)6-7-18-14/h6-7,10H,4-5,8-9H2,1-3H3,(H3,16,17). The number of pyridine rings is 1. The number of amidine groups is 1. The summed E-state index contributed by atoms with van der Waals surface area (Å²) >= 11 is 6.37. The molecule has 0 aromatic carbocycles. The number of anilines is 1. The average Bonchev–Trinajstić information content (AvgIpc) is 2.44. The van der Waals surface area contributed by atoms with Gasteiger partial charge in [-0.1, -0.05) is 25.4 Å². The summed E-state index contributed by atoms with van der Waals surface area (Å²) in [5, 5.41) is 8.00. The van der Waals surface area contributed by atoms with E-state index in [1.807, 2.05) is 0 Å². The monoisotopic (exact) mass is 298 g/mol. The molecular weight excluding hydrogens is 276 g/mol. The zero-order valence-corrected chi connectivity index (χ0v) is 13.1. The number of hydrogen-bond acceptors (Lipinski definition) is 4. The molecule has 1 heterocycles. The van der Waals surface area contributed by atoms with Gasteiger partial charge in [0, 0.05) is 31.5 Å². The number of halogens is 1. The van der Waals surface area contributed by atoms with Crippen molar-refractivity contribution in [2.45, 2.75) is 32.7 Å². The summed E-state index contributed by atoms with van der Waals surface area (Å²) in [6.45, 7) is 5.57. The third-order valence-electron chi connectivity index (χ3n) is 3.35. The second kappa shape index (κ2) is 8.07. The van der Waals surface area contributed by atoms with Gasteiger partial charge in [-0.15, -0.1) is 0 Å². The van der Waals surface area contributed by atoms with Gasteiger partial charge >= 0.3 is 0 Å². The highest BCUT2D eigenvalue weighted by Gasteiger charge is 2.21. The number of hydrogen-bond donors (Lipinski definition) is 2. The van der Waals surface area contributed by atoms with E-state index >= 15 is 0 Å². The highest BCUT2D eigenvalue weighted by Crippen LogP contribution is 2.29. The molecule has 112 valence electrons. The van der Waals surface area contributed by atoms with Crippen LogP contribution in [0.1, 0.15) is 32.3 Å². The second-order valence-corrected chi connectivity index (χ2v) is 4.94. The van der Waals surface area contributed by atoms with Crippen molar-refractivity contribution in [1.29, 1.82) is 5.41 Å². The Hall–Kier alpha value is -1.33. The predicted molar refractivity (Wildman–Crippen MR) is 83.9 cm³/mol. The van der Waals surface area contributed by atoms with E-state index in [2.05, 4.69) is 23.7 Å². The molecule has 3 N–H and O–H groups in total. The van der Waals surface area contributed by atoms with Crippen LogP contribution in [-0.2, 0) is 4.74 Å². The lowest BCUT2D eigenvalue weighted by Gasteiger charge is -2.32. The van der Waals surface area contributed by atoms with Crippen molar-refractivity contribution >= 4 is 23.3 Å². The largest absolute Gasteiger partial charge is 0.384 e. The zero-order chi connectivity index (χ0) is 15.1. The van der Waals surface area contributed by atoms with E-state index in [1.54, 1.807) is 19.4 Å². The number of aromatic nitrogens is 1. The SMILES string of the molecule is CCC(CC)N(CCOC)c1nccc(C(=N)N)c1Cl. The van der Waals surface area contributed by atoms with Gasteiger partial charge in [-0.05, 0) is 18.9 Å². The molecule has 0 atom stereocenters. The topological polar surface area (TPSA) is 75.2 Å². The van der Waals surface area contributed by atoms with E-state index in [9.17, 15) is 0 Å². The molecule has 0 saturated heterocycles. The van der Waals surface area contributed by atoms with Crippen LogP contribution in [0.15, 0.2) is 12.3 Å². The third-order valence-corrected chi connectivity index (χ3v) is 3.73. The van der Waals surface area contributed by atoms with Crippen molar-refractivity contribution in [3.05, 3.63) is 22.8 Å². The molecule has 0 bridgehead atoms. The molecule has 0 aliphatic carbocycles. The Bertz CT molecular complexity index is 449. The van der Waals surface area contributed by atoms with E-state index in [4.69, 9.17) is 27.5 Å².